The molecular weight excluding hydrogens is 551 g/mol. The van der Waals surface area contributed by atoms with Gasteiger partial charge in [0.2, 0.25) is 11.0 Å². The molecule has 0 bridgehead atoms. The number of anilines is 2. The zero-order valence-electron chi connectivity index (χ0n) is 22.8. The molecule has 0 atom stereocenters. The molecule has 0 aliphatic heterocycles. The number of thiazole rings is 1. The smallest absolute Gasteiger partial charge is 0.748 e. The van der Waals surface area contributed by atoms with Crippen molar-refractivity contribution in [2.24, 2.45) is 10.2 Å². The van der Waals surface area contributed by atoms with Crippen LogP contribution in [0, 0.1) is 11.3 Å². The first-order valence-corrected chi connectivity index (χ1v) is 14.2. The van der Waals surface area contributed by atoms with Crippen molar-refractivity contribution in [1.29, 1.82) is 5.26 Å². The molecule has 1 N–H and O–H groups in total. The van der Waals surface area contributed by atoms with Crippen molar-refractivity contribution in [1.82, 2.24) is 14.8 Å². The van der Waals surface area contributed by atoms with Gasteiger partial charge in [0, 0.05) is 48.4 Å². The number of aromatic nitrogens is 3. The van der Waals surface area contributed by atoms with Gasteiger partial charge < -0.3 is 14.8 Å². The largest absolute Gasteiger partial charge is 1.00 e. The minimum atomic E-state index is -4.30. The molecule has 12 nitrogen and oxygen atoms in total. The van der Waals surface area contributed by atoms with Crippen molar-refractivity contribution >= 4 is 50.2 Å². The third-order valence-corrected chi connectivity index (χ3v) is 6.93. The van der Waals surface area contributed by atoms with E-state index in [-0.39, 0.29) is 53.3 Å². The Hall–Kier alpha value is -2.67. The molecule has 39 heavy (non-hydrogen) atoms. The number of azo groups is 1. The molecule has 3 rings (SSSR count). The number of amides is 1. The van der Waals surface area contributed by atoms with Crippen LogP contribution < -0.4 is 39.8 Å². The quantitative estimate of drug-likeness (QED) is 0.214. The van der Waals surface area contributed by atoms with Gasteiger partial charge in [0.25, 0.3) is 0 Å². The molecule has 0 saturated heterocycles. The molecule has 202 valence electrons. The summed E-state index contributed by atoms with van der Waals surface area (Å²) >= 11 is 1.34. The van der Waals surface area contributed by atoms with Crippen molar-refractivity contribution < 1.29 is 47.3 Å². The Bertz CT molecular complexity index is 1470. The number of nitrogens with zero attached hydrogens (tertiary/aromatic N) is 7. The minimum Gasteiger partial charge on any atom is -0.748 e. The van der Waals surface area contributed by atoms with Gasteiger partial charge in [-0.25, -0.2) is 13.4 Å². The number of rotatable bonds is 10. The number of hydrogen-bond donors (Lipinski definition) is 1. The van der Waals surface area contributed by atoms with Crippen LogP contribution in [0.2, 0.25) is 0 Å². The number of carbonyl (C=O) groups is 1. The topological polar surface area (TPSA) is 169 Å². The number of nitriles is 1. The summed E-state index contributed by atoms with van der Waals surface area (Å²) in [5.74, 6) is -0.558. The maximum atomic E-state index is 11.9. The average molecular weight is 581 g/mol. The van der Waals surface area contributed by atoms with Crippen LogP contribution in [0.5, 0.6) is 0 Å². The first-order valence-electron chi connectivity index (χ1n) is 11.8. The summed E-state index contributed by atoms with van der Waals surface area (Å²) < 4.78 is 34.4. The Kier molecular flexibility index (Phi) is 11.3. The average Bonchev–Trinajstić information content (AvgIpc) is 3.47. The summed E-state index contributed by atoms with van der Waals surface area (Å²) in [5.41, 5.74) is 1.83. The van der Waals surface area contributed by atoms with Crippen molar-refractivity contribution in [3.63, 3.8) is 0 Å². The van der Waals surface area contributed by atoms with Gasteiger partial charge >= 0.3 is 29.6 Å². The van der Waals surface area contributed by atoms with Gasteiger partial charge in [0.1, 0.15) is 17.3 Å². The summed E-state index contributed by atoms with van der Waals surface area (Å²) in [6.07, 6.45) is 1.80. The van der Waals surface area contributed by atoms with E-state index in [1.165, 1.54) is 22.9 Å². The maximum absolute atomic E-state index is 11.9. The fourth-order valence-corrected chi connectivity index (χ4v) is 4.76. The van der Waals surface area contributed by atoms with Crippen LogP contribution in [0.3, 0.4) is 0 Å². The molecule has 1 aromatic carbocycles. The first kappa shape index (κ1) is 32.5. The molecule has 3 aromatic rings. The van der Waals surface area contributed by atoms with Gasteiger partial charge in [-0.1, -0.05) is 20.8 Å². The molecule has 15 heteroatoms. The Morgan fingerprint density at radius 1 is 1.31 bits per heavy atom. The van der Waals surface area contributed by atoms with E-state index in [1.54, 1.807) is 29.8 Å². The van der Waals surface area contributed by atoms with E-state index in [1.807, 2.05) is 32.6 Å². The van der Waals surface area contributed by atoms with Crippen LogP contribution in [0.25, 0.3) is 5.13 Å². The molecule has 2 aromatic heterocycles. The molecule has 0 saturated carbocycles. The zero-order chi connectivity index (χ0) is 28.1. The Morgan fingerprint density at radius 3 is 2.56 bits per heavy atom. The van der Waals surface area contributed by atoms with Gasteiger partial charge in [-0.2, -0.15) is 15.0 Å². The molecule has 0 unspecified atom stereocenters. The van der Waals surface area contributed by atoms with Crippen molar-refractivity contribution in [3.05, 3.63) is 41.0 Å². The van der Waals surface area contributed by atoms with Crippen molar-refractivity contribution in [2.75, 3.05) is 29.1 Å². The van der Waals surface area contributed by atoms with E-state index in [0.717, 1.165) is 0 Å². The van der Waals surface area contributed by atoms with Crippen LogP contribution in [-0.4, -0.2) is 52.5 Å². The zero-order valence-corrected chi connectivity index (χ0v) is 26.4. The van der Waals surface area contributed by atoms with Crippen LogP contribution in [0.1, 0.15) is 52.3 Å². The molecule has 0 aliphatic rings. The van der Waals surface area contributed by atoms with Crippen molar-refractivity contribution in [3.8, 4) is 11.2 Å². The van der Waals surface area contributed by atoms with Crippen LogP contribution >= 0.6 is 11.3 Å². The third-order valence-electron chi connectivity index (χ3n) is 5.40. The molecule has 0 aliphatic carbocycles. The molecule has 0 radical (unpaired) electrons. The normalized spacial score (nSPS) is 11.7. The van der Waals surface area contributed by atoms with Crippen LogP contribution in [0.15, 0.2) is 40.0 Å². The monoisotopic (exact) mass is 580 g/mol. The Morgan fingerprint density at radius 2 is 2.03 bits per heavy atom. The van der Waals surface area contributed by atoms with E-state index in [9.17, 15) is 23.0 Å². The Balaban J connectivity index is 0.00000533. The minimum absolute atomic E-state index is 0. The van der Waals surface area contributed by atoms with Gasteiger partial charge in [-0.15, -0.1) is 21.6 Å². The molecule has 1 amide bonds. The van der Waals surface area contributed by atoms with Crippen LogP contribution in [-0.2, 0) is 20.3 Å². The van der Waals surface area contributed by atoms with Crippen molar-refractivity contribution in [2.45, 2.75) is 46.5 Å². The molecule has 2 heterocycles. The predicted octanol–water partition coefficient (Wildman–Crippen LogP) is 1.64. The van der Waals surface area contributed by atoms with E-state index in [2.05, 4.69) is 31.7 Å². The van der Waals surface area contributed by atoms with Gasteiger partial charge in [0.15, 0.2) is 5.82 Å². The van der Waals surface area contributed by atoms with Gasteiger partial charge in [-0.3, -0.25) is 4.79 Å². The number of benzene rings is 1. The number of nitrogens with one attached hydrogen (secondary N) is 1. The Labute approximate surface area is 254 Å². The van der Waals surface area contributed by atoms with Gasteiger partial charge in [0.05, 0.1) is 21.5 Å². The first-order chi connectivity index (χ1) is 17.8. The molecule has 0 spiro atoms. The fraction of sp³-hybridized carbons (Fsp3) is 0.417. The number of carbonyl (C=O) groups excluding carboxylic acids is 1. The summed E-state index contributed by atoms with van der Waals surface area (Å²) in [5, 5.41) is 28.4. The van der Waals surface area contributed by atoms with Crippen LogP contribution in [0.4, 0.5) is 22.9 Å². The fourth-order valence-electron chi connectivity index (χ4n) is 3.68. The predicted molar refractivity (Wildman–Crippen MR) is 145 cm³/mol. The van der Waals surface area contributed by atoms with E-state index < -0.39 is 21.3 Å². The second kappa shape index (κ2) is 13.6. The summed E-state index contributed by atoms with van der Waals surface area (Å²) in [6.45, 7) is 9.99. The molecule has 0 fully saturated rings. The third kappa shape index (κ3) is 8.66. The van der Waals surface area contributed by atoms with E-state index >= 15 is 0 Å². The van der Waals surface area contributed by atoms with Gasteiger partial charge in [-0.05, 0) is 31.5 Å². The van der Waals surface area contributed by atoms with E-state index in [0.29, 0.717) is 41.0 Å². The second-order valence-corrected chi connectivity index (χ2v) is 11.8. The standard InChI is InChI=1S/C24H30N8O4S2.Na/c1-6-31(11-7-13-38(34,35)36)17-8-9-19(20(14-17)27-16(2)33)28-29-22-18(15-25)21(24(3,4)5)30-32(22)23-26-10-12-37-23;/h8-10,12,14H,6-7,11,13H2,1-5H3,(H,27,33)(H,34,35,36);/q;+1/p-1. The maximum Gasteiger partial charge on any atom is 1.00 e. The summed E-state index contributed by atoms with van der Waals surface area (Å²) in [6, 6.07) is 7.33. The van der Waals surface area contributed by atoms with E-state index in [4.69, 9.17) is 0 Å². The summed E-state index contributed by atoms with van der Waals surface area (Å²) in [4.78, 5) is 18.1. The second-order valence-electron chi connectivity index (χ2n) is 9.41. The SMILES string of the molecule is CCN(CCCS(=O)(=O)[O-])c1ccc(N=Nc2c(C#N)c(C(C)(C)C)nn2-c2nccs2)c(NC(C)=O)c1.[Na+]. The summed E-state index contributed by atoms with van der Waals surface area (Å²) in [7, 11) is -4.30. The molecular formula is C24H29N8NaO4S2. The number of hydrogen-bond acceptors (Lipinski definition) is 11.